The molecule has 0 saturated carbocycles. The van der Waals surface area contributed by atoms with Crippen molar-refractivity contribution in [1.82, 2.24) is 24.4 Å². The van der Waals surface area contributed by atoms with E-state index in [2.05, 4.69) is 54.9 Å². The van der Waals surface area contributed by atoms with Gasteiger partial charge in [0.1, 0.15) is 0 Å². The van der Waals surface area contributed by atoms with E-state index in [9.17, 15) is 0 Å². The van der Waals surface area contributed by atoms with Gasteiger partial charge in [-0.25, -0.2) is 15.0 Å². The van der Waals surface area contributed by atoms with Gasteiger partial charge < -0.3 is 10.3 Å². The first-order valence-corrected chi connectivity index (χ1v) is 10.3. The van der Waals surface area contributed by atoms with Crippen LogP contribution in [0, 0.1) is 0 Å². The maximum absolute atomic E-state index is 6.00. The number of para-hydroxylation sites is 1. The van der Waals surface area contributed by atoms with Gasteiger partial charge in [-0.2, -0.15) is 0 Å². The predicted octanol–water partition coefficient (Wildman–Crippen LogP) is 3.73. The zero-order valence-corrected chi connectivity index (χ0v) is 16.7. The van der Waals surface area contributed by atoms with E-state index in [1.165, 1.54) is 33.4 Å². The lowest BCUT2D eigenvalue weighted by molar-refractivity contribution is 0.243. The monoisotopic (exact) mass is 410 g/mol. The summed E-state index contributed by atoms with van der Waals surface area (Å²) >= 11 is 7.53. The van der Waals surface area contributed by atoms with Crippen molar-refractivity contribution in [1.29, 1.82) is 0 Å². The van der Waals surface area contributed by atoms with Gasteiger partial charge in [-0.05, 0) is 11.6 Å². The zero-order chi connectivity index (χ0) is 19.1. The first-order valence-electron chi connectivity index (χ1n) is 9.15. The minimum atomic E-state index is 0.360. The molecule has 0 spiro atoms. The summed E-state index contributed by atoms with van der Waals surface area (Å²) in [5.41, 5.74) is 10.5. The van der Waals surface area contributed by atoms with Crippen LogP contribution in [0.5, 0.6) is 0 Å². The summed E-state index contributed by atoms with van der Waals surface area (Å²) in [5.74, 6) is 0.360. The van der Waals surface area contributed by atoms with E-state index in [1.54, 1.807) is 0 Å². The Morgan fingerprint density at radius 1 is 1.14 bits per heavy atom. The first kappa shape index (κ1) is 17.6. The quantitative estimate of drug-likeness (QED) is 0.555. The van der Waals surface area contributed by atoms with Crippen LogP contribution in [0.4, 0.5) is 5.95 Å². The number of rotatable bonds is 4. The molecule has 1 aliphatic heterocycles. The number of aromatic nitrogens is 4. The second-order valence-electron chi connectivity index (χ2n) is 7.04. The van der Waals surface area contributed by atoms with Crippen molar-refractivity contribution in [3.8, 4) is 0 Å². The average Bonchev–Trinajstić information content (AvgIpc) is 3.26. The van der Waals surface area contributed by atoms with E-state index in [-0.39, 0.29) is 0 Å². The molecule has 0 amide bonds. The van der Waals surface area contributed by atoms with Crippen LogP contribution in [0.3, 0.4) is 0 Å². The summed E-state index contributed by atoms with van der Waals surface area (Å²) in [7, 11) is 0. The van der Waals surface area contributed by atoms with Gasteiger partial charge in [0.15, 0.2) is 4.47 Å². The van der Waals surface area contributed by atoms with Gasteiger partial charge in [0.05, 0.1) is 12.2 Å². The van der Waals surface area contributed by atoms with Gasteiger partial charge in [0, 0.05) is 66.0 Å². The lowest BCUT2D eigenvalue weighted by Crippen LogP contribution is -2.31. The number of fused-ring (bicyclic) bond motifs is 2. The molecule has 2 N–H and O–H groups in total. The molecule has 0 saturated heterocycles. The molecule has 0 fully saturated rings. The molecule has 0 radical (unpaired) electrons. The number of nitrogen functional groups attached to an aromatic ring is 1. The molecule has 6 nitrogen and oxygen atoms in total. The zero-order valence-electron chi connectivity index (χ0n) is 15.2. The standard InChI is InChI=1S/C20H19ClN6S/c21-19-23-8-15(28-19)12-27-11-14(16-3-1-2-4-18(16)27)10-26-6-5-17-13(9-26)7-24-20(22)25-17/h1-4,7-8,11H,5-6,9-10,12H2,(H2,22,24,25). The summed E-state index contributed by atoms with van der Waals surface area (Å²) in [6.07, 6.45) is 6.88. The summed E-state index contributed by atoms with van der Waals surface area (Å²) in [4.78, 5) is 16.3. The number of halogens is 1. The molecule has 0 atom stereocenters. The lowest BCUT2D eigenvalue weighted by Gasteiger charge is -2.27. The van der Waals surface area contributed by atoms with Crippen LogP contribution >= 0.6 is 22.9 Å². The SMILES string of the molecule is Nc1ncc2c(n1)CCN(Cc1cn(Cc3cnc(Cl)s3)c3ccccc13)C2. The fourth-order valence-corrected chi connectivity index (χ4v) is 4.85. The number of anilines is 1. The Morgan fingerprint density at radius 2 is 2.04 bits per heavy atom. The molecular weight excluding hydrogens is 392 g/mol. The molecule has 5 rings (SSSR count). The van der Waals surface area contributed by atoms with E-state index < -0.39 is 0 Å². The Balaban J connectivity index is 1.42. The second kappa shape index (κ2) is 7.16. The fraction of sp³-hybridized carbons (Fsp3) is 0.250. The Hall–Kier alpha value is -2.48. The third kappa shape index (κ3) is 3.37. The largest absolute Gasteiger partial charge is 0.368 e. The Morgan fingerprint density at radius 3 is 2.89 bits per heavy atom. The molecule has 1 aromatic carbocycles. The maximum Gasteiger partial charge on any atom is 0.220 e. The number of thiazole rings is 1. The van der Waals surface area contributed by atoms with Crippen LogP contribution in [-0.4, -0.2) is 31.0 Å². The summed E-state index contributed by atoms with van der Waals surface area (Å²) in [6.45, 7) is 3.48. The molecule has 8 heteroatoms. The van der Waals surface area contributed by atoms with E-state index in [0.717, 1.165) is 43.2 Å². The van der Waals surface area contributed by atoms with Crippen LogP contribution in [0.25, 0.3) is 10.9 Å². The van der Waals surface area contributed by atoms with E-state index >= 15 is 0 Å². The Labute approximate surface area is 171 Å². The van der Waals surface area contributed by atoms with Crippen molar-refractivity contribution in [2.75, 3.05) is 12.3 Å². The van der Waals surface area contributed by atoms with Gasteiger partial charge >= 0.3 is 0 Å². The highest BCUT2D eigenvalue weighted by Gasteiger charge is 2.20. The second-order valence-corrected chi connectivity index (χ2v) is 8.74. The smallest absolute Gasteiger partial charge is 0.220 e. The molecule has 28 heavy (non-hydrogen) atoms. The molecule has 0 unspecified atom stereocenters. The van der Waals surface area contributed by atoms with Crippen molar-refractivity contribution in [2.24, 2.45) is 0 Å². The molecule has 0 bridgehead atoms. The molecule has 142 valence electrons. The Bertz CT molecular complexity index is 1150. The highest BCUT2D eigenvalue weighted by atomic mass is 35.5. The number of benzene rings is 1. The number of hydrogen-bond acceptors (Lipinski definition) is 6. The van der Waals surface area contributed by atoms with Crippen LogP contribution in [0.1, 0.15) is 21.7 Å². The van der Waals surface area contributed by atoms with Gasteiger partial charge in [-0.1, -0.05) is 29.8 Å². The van der Waals surface area contributed by atoms with E-state index in [4.69, 9.17) is 17.3 Å². The summed E-state index contributed by atoms with van der Waals surface area (Å²) in [5, 5.41) is 1.29. The molecule has 3 aromatic heterocycles. The molecular formula is C20H19ClN6S. The van der Waals surface area contributed by atoms with Crippen molar-refractivity contribution in [3.05, 3.63) is 69.0 Å². The van der Waals surface area contributed by atoms with Crippen LogP contribution in [-0.2, 0) is 26.1 Å². The molecule has 1 aliphatic rings. The minimum Gasteiger partial charge on any atom is -0.368 e. The van der Waals surface area contributed by atoms with E-state index in [0.29, 0.717) is 10.4 Å². The molecule has 4 aromatic rings. The van der Waals surface area contributed by atoms with Crippen LogP contribution in [0.2, 0.25) is 4.47 Å². The van der Waals surface area contributed by atoms with Crippen molar-refractivity contribution >= 4 is 39.8 Å². The molecule has 4 heterocycles. The normalized spacial score (nSPS) is 14.5. The van der Waals surface area contributed by atoms with Crippen LogP contribution in [0.15, 0.2) is 42.9 Å². The first-order chi connectivity index (χ1) is 13.7. The van der Waals surface area contributed by atoms with Crippen LogP contribution < -0.4 is 5.73 Å². The van der Waals surface area contributed by atoms with Crippen molar-refractivity contribution in [2.45, 2.75) is 26.1 Å². The van der Waals surface area contributed by atoms with Gasteiger partial charge in [0.25, 0.3) is 0 Å². The topological polar surface area (TPSA) is 72.9 Å². The summed E-state index contributed by atoms with van der Waals surface area (Å²) < 4.78 is 2.87. The number of nitrogens with zero attached hydrogens (tertiary/aromatic N) is 5. The van der Waals surface area contributed by atoms with Crippen molar-refractivity contribution in [3.63, 3.8) is 0 Å². The summed E-state index contributed by atoms with van der Waals surface area (Å²) in [6, 6.07) is 8.55. The highest BCUT2D eigenvalue weighted by Crippen LogP contribution is 2.27. The van der Waals surface area contributed by atoms with Gasteiger partial charge in [-0.15, -0.1) is 11.3 Å². The fourth-order valence-electron chi connectivity index (χ4n) is 3.87. The third-order valence-corrected chi connectivity index (χ3v) is 6.25. The average molecular weight is 411 g/mol. The Kier molecular flexibility index (Phi) is 4.50. The van der Waals surface area contributed by atoms with Gasteiger partial charge in [-0.3, -0.25) is 4.90 Å². The van der Waals surface area contributed by atoms with Crippen molar-refractivity contribution < 1.29 is 0 Å². The number of hydrogen-bond donors (Lipinski definition) is 1. The molecule has 0 aliphatic carbocycles. The minimum absolute atomic E-state index is 0.360. The third-order valence-electron chi connectivity index (χ3n) is 5.15. The van der Waals surface area contributed by atoms with Gasteiger partial charge in [0.2, 0.25) is 5.95 Å². The van der Waals surface area contributed by atoms with E-state index in [1.807, 2.05) is 12.4 Å². The maximum atomic E-state index is 6.00. The highest BCUT2D eigenvalue weighted by molar-refractivity contribution is 7.15. The number of nitrogens with two attached hydrogens (primary N) is 1. The lowest BCUT2D eigenvalue weighted by atomic mass is 10.1. The predicted molar refractivity (Wildman–Crippen MR) is 112 cm³/mol.